The highest BCUT2D eigenvalue weighted by Crippen LogP contribution is 2.26. The standard InChI is InChI=1S/C19H22ClNO4/c1-6-21-12(3)16(11(2)17(21)19(23)24-5)18(22)13(4)25-15-9-7-14(20)8-10-15/h7-10,13H,6H2,1-5H3. The molecule has 1 aromatic heterocycles. The molecule has 0 bridgehead atoms. The molecule has 1 unspecified atom stereocenters. The Kier molecular flexibility index (Phi) is 5.90. The molecule has 0 amide bonds. The van der Waals surface area contributed by atoms with Crippen molar-refractivity contribution in [3.05, 3.63) is 51.8 Å². The van der Waals surface area contributed by atoms with Gasteiger partial charge in [-0.2, -0.15) is 0 Å². The summed E-state index contributed by atoms with van der Waals surface area (Å²) < 4.78 is 12.4. The normalized spacial score (nSPS) is 11.9. The van der Waals surface area contributed by atoms with Gasteiger partial charge in [0.15, 0.2) is 6.10 Å². The molecule has 0 aliphatic carbocycles. The number of benzene rings is 1. The molecule has 1 heterocycles. The SMILES string of the molecule is CCn1c(C)c(C(=O)C(C)Oc2ccc(Cl)cc2)c(C)c1C(=O)OC. The van der Waals surface area contributed by atoms with E-state index in [4.69, 9.17) is 21.1 Å². The van der Waals surface area contributed by atoms with Gasteiger partial charge in [-0.3, -0.25) is 4.79 Å². The molecule has 25 heavy (non-hydrogen) atoms. The second kappa shape index (κ2) is 7.74. The van der Waals surface area contributed by atoms with Crippen molar-refractivity contribution < 1.29 is 19.1 Å². The number of ketones is 1. The van der Waals surface area contributed by atoms with Gasteiger partial charge in [-0.1, -0.05) is 11.6 Å². The van der Waals surface area contributed by atoms with Crippen molar-refractivity contribution in [2.45, 2.75) is 40.3 Å². The van der Waals surface area contributed by atoms with Crippen LogP contribution in [0.15, 0.2) is 24.3 Å². The molecule has 2 aromatic rings. The first kappa shape index (κ1) is 19.1. The number of methoxy groups -OCH3 is 1. The number of esters is 1. The van der Waals surface area contributed by atoms with Gasteiger partial charge in [-0.25, -0.2) is 4.79 Å². The van der Waals surface area contributed by atoms with E-state index in [0.717, 1.165) is 5.69 Å². The second-order valence-electron chi connectivity index (χ2n) is 5.75. The number of halogens is 1. The molecule has 0 aliphatic rings. The Balaban J connectivity index is 2.36. The van der Waals surface area contributed by atoms with Crippen LogP contribution in [0.2, 0.25) is 5.02 Å². The van der Waals surface area contributed by atoms with Crippen molar-refractivity contribution in [2.75, 3.05) is 7.11 Å². The average Bonchev–Trinajstić information content (AvgIpc) is 2.85. The van der Waals surface area contributed by atoms with Gasteiger partial charge >= 0.3 is 5.97 Å². The van der Waals surface area contributed by atoms with Crippen LogP contribution in [0.1, 0.15) is 46.0 Å². The lowest BCUT2D eigenvalue weighted by Gasteiger charge is -2.14. The maximum absolute atomic E-state index is 12.9. The third kappa shape index (κ3) is 3.71. The monoisotopic (exact) mass is 363 g/mol. The topological polar surface area (TPSA) is 57.5 Å². The van der Waals surface area contributed by atoms with Crippen LogP contribution in [0.25, 0.3) is 0 Å². The molecule has 0 N–H and O–H groups in total. The number of aromatic nitrogens is 1. The summed E-state index contributed by atoms with van der Waals surface area (Å²) in [6, 6.07) is 6.83. The lowest BCUT2D eigenvalue weighted by molar-refractivity contribution is 0.0587. The zero-order valence-corrected chi connectivity index (χ0v) is 15.8. The number of hydrogen-bond acceptors (Lipinski definition) is 4. The quantitative estimate of drug-likeness (QED) is 0.569. The number of ether oxygens (including phenoxy) is 2. The van der Waals surface area contributed by atoms with Crippen LogP contribution in [0, 0.1) is 13.8 Å². The van der Waals surface area contributed by atoms with Crippen molar-refractivity contribution in [2.24, 2.45) is 0 Å². The molecule has 0 radical (unpaired) electrons. The number of carbonyl (C=O) groups excluding carboxylic acids is 2. The van der Waals surface area contributed by atoms with Gasteiger partial charge in [0, 0.05) is 22.8 Å². The molecule has 0 saturated carbocycles. The fourth-order valence-corrected chi connectivity index (χ4v) is 3.11. The first-order chi connectivity index (χ1) is 11.8. The lowest BCUT2D eigenvalue weighted by atomic mass is 10.0. The molecule has 2 rings (SSSR count). The summed E-state index contributed by atoms with van der Waals surface area (Å²) in [5.41, 5.74) is 2.26. The van der Waals surface area contributed by atoms with E-state index in [1.165, 1.54) is 7.11 Å². The van der Waals surface area contributed by atoms with Crippen LogP contribution in [-0.4, -0.2) is 29.5 Å². The smallest absolute Gasteiger partial charge is 0.354 e. The Labute approximate surface area is 152 Å². The Morgan fingerprint density at radius 1 is 1.20 bits per heavy atom. The fraction of sp³-hybridized carbons (Fsp3) is 0.368. The minimum Gasteiger partial charge on any atom is -0.483 e. The number of carbonyl (C=O) groups is 2. The number of Topliss-reactive ketones (excluding diaryl/α,β-unsaturated/α-hetero) is 1. The number of nitrogens with zero attached hydrogens (tertiary/aromatic N) is 1. The highest BCUT2D eigenvalue weighted by Gasteiger charge is 2.29. The van der Waals surface area contributed by atoms with Gasteiger partial charge in [-0.15, -0.1) is 0 Å². The highest BCUT2D eigenvalue weighted by molar-refractivity contribution is 6.30. The summed E-state index contributed by atoms with van der Waals surface area (Å²) >= 11 is 5.86. The third-order valence-corrected chi connectivity index (χ3v) is 4.46. The van der Waals surface area contributed by atoms with E-state index in [9.17, 15) is 9.59 Å². The number of hydrogen-bond donors (Lipinski definition) is 0. The third-order valence-electron chi connectivity index (χ3n) is 4.20. The molecule has 1 aromatic carbocycles. The maximum atomic E-state index is 12.9. The van der Waals surface area contributed by atoms with Gasteiger partial charge in [0.1, 0.15) is 11.4 Å². The van der Waals surface area contributed by atoms with Crippen molar-refractivity contribution in [1.82, 2.24) is 4.57 Å². The van der Waals surface area contributed by atoms with Crippen LogP contribution in [-0.2, 0) is 11.3 Å². The maximum Gasteiger partial charge on any atom is 0.354 e. The Bertz CT molecular complexity index is 793. The summed E-state index contributed by atoms with van der Waals surface area (Å²) in [6.07, 6.45) is -0.697. The van der Waals surface area contributed by atoms with Crippen molar-refractivity contribution >= 4 is 23.4 Å². The summed E-state index contributed by atoms with van der Waals surface area (Å²) in [6.45, 7) is 7.76. The summed E-state index contributed by atoms with van der Waals surface area (Å²) in [5.74, 6) is -0.0706. The summed E-state index contributed by atoms with van der Waals surface area (Å²) in [5, 5.41) is 0.598. The van der Waals surface area contributed by atoms with Crippen LogP contribution in [0.3, 0.4) is 0 Å². The summed E-state index contributed by atoms with van der Waals surface area (Å²) in [7, 11) is 1.33. The Hall–Kier alpha value is -2.27. The average molecular weight is 364 g/mol. The van der Waals surface area contributed by atoms with Crippen LogP contribution < -0.4 is 4.74 Å². The molecule has 0 aliphatic heterocycles. The van der Waals surface area contributed by atoms with Gasteiger partial charge < -0.3 is 14.0 Å². The molecule has 0 fully saturated rings. The zero-order valence-electron chi connectivity index (χ0n) is 15.1. The van der Waals surface area contributed by atoms with E-state index >= 15 is 0 Å². The van der Waals surface area contributed by atoms with Gasteiger partial charge in [0.05, 0.1) is 7.11 Å². The van der Waals surface area contributed by atoms with Gasteiger partial charge in [0.2, 0.25) is 5.78 Å². The van der Waals surface area contributed by atoms with E-state index in [2.05, 4.69) is 0 Å². The number of rotatable bonds is 6. The van der Waals surface area contributed by atoms with E-state index in [1.807, 2.05) is 13.8 Å². The molecule has 0 spiro atoms. The van der Waals surface area contributed by atoms with Gasteiger partial charge in [0.25, 0.3) is 0 Å². The molecule has 5 nitrogen and oxygen atoms in total. The minimum atomic E-state index is -0.697. The molecular weight excluding hydrogens is 342 g/mol. The predicted molar refractivity (Wildman–Crippen MR) is 96.8 cm³/mol. The zero-order chi connectivity index (χ0) is 18.7. The molecule has 134 valence electrons. The molecular formula is C19H22ClNO4. The van der Waals surface area contributed by atoms with E-state index < -0.39 is 12.1 Å². The van der Waals surface area contributed by atoms with Gasteiger partial charge in [-0.05, 0) is 57.5 Å². The minimum absolute atomic E-state index is 0.178. The first-order valence-corrected chi connectivity index (χ1v) is 8.44. The highest BCUT2D eigenvalue weighted by atomic mass is 35.5. The fourth-order valence-electron chi connectivity index (χ4n) is 2.99. The Morgan fingerprint density at radius 2 is 1.80 bits per heavy atom. The predicted octanol–water partition coefficient (Wildman–Crippen LogP) is 4.22. The molecule has 1 atom stereocenters. The second-order valence-corrected chi connectivity index (χ2v) is 6.18. The largest absolute Gasteiger partial charge is 0.483 e. The van der Waals surface area contributed by atoms with E-state index in [0.29, 0.717) is 34.1 Å². The lowest BCUT2D eigenvalue weighted by Crippen LogP contribution is -2.25. The Morgan fingerprint density at radius 3 is 2.32 bits per heavy atom. The van der Waals surface area contributed by atoms with Crippen molar-refractivity contribution in [1.29, 1.82) is 0 Å². The molecule has 6 heteroatoms. The van der Waals surface area contributed by atoms with Crippen molar-refractivity contribution in [3.63, 3.8) is 0 Å². The van der Waals surface area contributed by atoms with Crippen LogP contribution >= 0.6 is 11.6 Å². The molecule has 0 saturated heterocycles. The van der Waals surface area contributed by atoms with Crippen molar-refractivity contribution in [3.8, 4) is 5.75 Å². The van der Waals surface area contributed by atoms with Crippen LogP contribution in [0.4, 0.5) is 0 Å². The van der Waals surface area contributed by atoms with E-state index in [-0.39, 0.29) is 5.78 Å². The first-order valence-electron chi connectivity index (χ1n) is 8.06. The van der Waals surface area contributed by atoms with E-state index in [1.54, 1.807) is 42.7 Å². The summed E-state index contributed by atoms with van der Waals surface area (Å²) in [4.78, 5) is 25.0. The van der Waals surface area contributed by atoms with Crippen LogP contribution in [0.5, 0.6) is 5.75 Å².